The zero-order chi connectivity index (χ0) is 24.6. The average Bonchev–Trinajstić information content (AvgIpc) is 2.84. The number of amides is 1. The van der Waals surface area contributed by atoms with Crippen LogP contribution in [-0.2, 0) is 4.79 Å². The summed E-state index contributed by atoms with van der Waals surface area (Å²) in [6.07, 6.45) is 12.8. The van der Waals surface area contributed by atoms with Crippen molar-refractivity contribution in [3.05, 3.63) is 58.1 Å². The third-order valence-corrected chi connectivity index (χ3v) is 5.89. The van der Waals surface area contributed by atoms with Gasteiger partial charge in [-0.3, -0.25) is 4.79 Å². The van der Waals surface area contributed by atoms with Crippen LogP contribution in [0.1, 0.15) is 87.1 Å². The second-order valence-corrected chi connectivity index (χ2v) is 9.09. The van der Waals surface area contributed by atoms with E-state index in [1.807, 2.05) is 0 Å². The number of rotatable bonds is 15. The average molecular weight is 531 g/mol. The highest BCUT2D eigenvalue weighted by atomic mass is 79.9. The second kappa shape index (κ2) is 16.0. The molecule has 0 unspecified atom stereocenters. The highest BCUT2D eigenvalue weighted by Crippen LogP contribution is 2.23. The predicted octanol–water partition coefficient (Wildman–Crippen LogP) is 7.05. The molecule has 0 radical (unpaired) electrons. The summed E-state index contributed by atoms with van der Waals surface area (Å²) in [5.74, 6) is 0.395. The van der Waals surface area contributed by atoms with Crippen molar-refractivity contribution in [3.8, 4) is 11.5 Å². The van der Waals surface area contributed by atoms with Crippen molar-refractivity contribution in [2.24, 2.45) is 5.10 Å². The number of benzene rings is 2. The zero-order valence-corrected chi connectivity index (χ0v) is 21.7. The Labute approximate surface area is 211 Å². The molecule has 0 aliphatic rings. The molecular weight excluding hydrogens is 496 g/mol. The molecule has 0 saturated carbocycles. The van der Waals surface area contributed by atoms with Crippen molar-refractivity contribution >= 4 is 34.0 Å². The summed E-state index contributed by atoms with van der Waals surface area (Å²) in [4.78, 5) is 24.6. The van der Waals surface area contributed by atoms with Crippen LogP contribution < -0.4 is 14.9 Å². The van der Waals surface area contributed by atoms with E-state index in [9.17, 15) is 9.59 Å². The van der Waals surface area contributed by atoms with E-state index in [1.165, 1.54) is 51.2 Å². The standard InChI is InChI=1S/C27H35BrN2O4/c1-3-4-5-6-7-8-9-10-11-12-26(31)30-29-20-22-19-23(28)15-18-25(22)34-27(32)21-13-16-24(33-2)17-14-21/h13-20H,3-12H2,1-2H3,(H,30,31)/b29-20+. The van der Waals surface area contributed by atoms with Crippen LogP contribution in [0.4, 0.5) is 0 Å². The number of carbonyl (C=O) groups excluding carboxylic acids is 2. The van der Waals surface area contributed by atoms with Gasteiger partial charge in [0.15, 0.2) is 0 Å². The van der Waals surface area contributed by atoms with Gasteiger partial charge in [0, 0.05) is 16.5 Å². The lowest BCUT2D eigenvalue weighted by atomic mass is 10.1. The number of esters is 1. The molecular formula is C27H35BrN2O4. The number of carbonyl (C=O) groups is 2. The van der Waals surface area contributed by atoms with Crippen molar-refractivity contribution in [1.82, 2.24) is 5.43 Å². The normalized spacial score (nSPS) is 10.9. The Morgan fingerprint density at radius 2 is 1.59 bits per heavy atom. The molecule has 0 aliphatic carbocycles. The van der Waals surface area contributed by atoms with Crippen LogP contribution >= 0.6 is 15.9 Å². The quantitative estimate of drug-likeness (QED) is 0.0879. The smallest absolute Gasteiger partial charge is 0.343 e. The number of methoxy groups -OCH3 is 1. The van der Waals surface area contributed by atoms with E-state index in [-0.39, 0.29) is 5.91 Å². The number of ether oxygens (including phenoxy) is 2. The van der Waals surface area contributed by atoms with E-state index >= 15 is 0 Å². The van der Waals surface area contributed by atoms with Crippen molar-refractivity contribution < 1.29 is 19.1 Å². The molecule has 2 rings (SSSR count). The predicted molar refractivity (Wildman–Crippen MR) is 140 cm³/mol. The molecule has 7 heteroatoms. The monoisotopic (exact) mass is 530 g/mol. The number of hydrogen-bond donors (Lipinski definition) is 1. The zero-order valence-electron chi connectivity index (χ0n) is 20.1. The topological polar surface area (TPSA) is 77.0 Å². The van der Waals surface area contributed by atoms with Gasteiger partial charge in [0.2, 0.25) is 5.91 Å². The maximum absolute atomic E-state index is 12.5. The highest BCUT2D eigenvalue weighted by molar-refractivity contribution is 9.10. The van der Waals surface area contributed by atoms with Crippen LogP contribution in [0, 0.1) is 0 Å². The summed E-state index contributed by atoms with van der Waals surface area (Å²) >= 11 is 3.41. The molecule has 0 heterocycles. The van der Waals surface area contributed by atoms with Crippen LogP contribution in [0.3, 0.4) is 0 Å². The molecule has 34 heavy (non-hydrogen) atoms. The maximum atomic E-state index is 12.5. The van der Waals surface area contributed by atoms with Gasteiger partial charge in [0.25, 0.3) is 0 Å². The van der Waals surface area contributed by atoms with Gasteiger partial charge in [-0.2, -0.15) is 5.10 Å². The Hall–Kier alpha value is -2.67. The van der Waals surface area contributed by atoms with Gasteiger partial charge in [-0.05, 0) is 48.9 Å². The number of nitrogens with zero attached hydrogens (tertiary/aromatic N) is 1. The molecule has 6 nitrogen and oxygen atoms in total. The molecule has 184 valence electrons. The first-order valence-electron chi connectivity index (χ1n) is 12.0. The fraction of sp³-hybridized carbons (Fsp3) is 0.444. The minimum atomic E-state index is -0.492. The summed E-state index contributed by atoms with van der Waals surface area (Å²) in [6, 6.07) is 11.9. The number of hydrazone groups is 1. The van der Waals surface area contributed by atoms with Crippen LogP contribution in [0.15, 0.2) is 52.0 Å². The lowest BCUT2D eigenvalue weighted by Crippen LogP contribution is -2.17. The number of halogens is 1. The van der Waals surface area contributed by atoms with Crippen LogP contribution in [0.25, 0.3) is 0 Å². The van der Waals surface area contributed by atoms with Gasteiger partial charge in [-0.1, -0.05) is 74.2 Å². The summed E-state index contributed by atoms with van der Waals surface area (Å²) in [6.45, 7) is 2.23. The third-order valence-electron chi connectivity index (χ3n) is 5.40. The summed E-state index contributed by atoms with van der Waals surface area (Å²) in [5.41, 5.74) is 3.53. The van der Waals surface area contributed by atoms with Gasteiger partial charge < -0.3 is 9.47 Å². The van der Waals surface area contributed by atoms with E-state index in [1.54, 1.807) is 49.6 Å². The maximum Gasteiger partial charge on any atom is 0.343 e. The van der Waals surface area contributed by atoms with Gasteiger partial charge in [-0.15, -0.1) is 0 Å². The highest BCUT2D eigenvalue weighted by Gasteiger charge is 2.12. The molecule has 0 aliphatic heterocycles. The van der Waals surface area contributed by atoms with Crippen molar-refractivity contribution in [1.29, 1.82) is 0 Å². The molecule has 2 aromatic carbocycles. The van der Waals surface area contributed by atoms with Crippen molar-refractivity contribution in [2.75, 3.05) is 7.11 Å². The van der Waals surface area contributed by atoms with Crippen LogP contribution in [-0.4, -0.2) is 25.2 Å². The summed E-state index contributed by atoms with van der Waals surface area (Å²) < 4.78 is 11.5. The van der Waals surface area contributed by atoms with Crippen LogP contribution in [0.2, 0.25) is 0 Å². The SMILES string of the molecule is CCCCCCCCCCCC(=O)N/N=C/c1cc(Br)ccc1OC(=O)c1ccc(OC)cc1. The Morgan fingerprint density at radius 1 is 0.941 bits per heavy atom. The fourth-order valence-electron chi connectivity index (χ4n) is 3.42. The molecule has 0 bridgehead atoms. The molecule has 0 saturated heterocycles. The number of hydrogen-bond acceptors (Lipinski definition) is 5. The minimum absolute atomic E-state index is 0.119. The Bertz CT molecular complexity index is 929. The minimum Gasteiger partial charge on any atom is -0.497 e. The second-order valence-electron chi connectivity index (χ2n) is 8.17. The number of nitrogens with one attached hydrogen (secondary N) is 1. The van der Waals surface area contributed by atoms with Gasteiger partial charge in [0.1, 0.15) is 11.5 Å². The molecule has 0 spiro atoms. The molecule has 0 atom stereocenters. The molecule has 0 fully saturated rings. The van der Waals surface area contributed by atoms with E-state index in [4.69, 9.17) is 9.47 Å². The first kappa shape index (κ1) is 27.6. The lowest BCUT2D eigenvalue weighted by molar-refractivity contribution is -0.121. The fourth-order valence-corrected chi connectivity index (χ4v) is 3.80. The largest absolute Gasteiger partial charge is 0.497 e. The van der Waals surface area contributed by atoms with Gasteiger partial charge in [-0.25, -0.2) is 10.2 Å². The molecule has 1 amide bonds. The Balaban J connectivity index is 1.78. The first-order valence-corrected chi connectivity index (χ1v) is 12.8. The van der Waals surface area contributed by atoms with Crippen molar-refractivity contribution in [3.63, 3.8) is 0 Å². The lowest BCUT2D eigenvalue weighted by Gasteiger charge is -2.08. The molecule has 1 N–H and O–H groups in total. The summed E-state index contributed by atoms with van der Waals surface area (Å²) in [7, 11) is 1.57. The van der Waals surface area contributed by atoms with E-state index in [2.05, 4.69) is 33.4 Å². The first-order chi connectivity index (χ1) is 16.5. The van der Waals surface area contributed by atoms with E-state index in [0.717, 1.165) is 17.3 Å². The Morgan fingerprint density at radius 3 is 2.24 bits per heavy atom. The van der Waals surface area contributed by atoms with Crippen molar-refractivity contribution in [2.45, 2.75) is 71.1 Å². The van der Waals surface area contributed by atoms with Gasteiger partial charge in [0.05, 0.1) is 18.9 Å². The van der Waals surface area contributed by atoms with Gasteiger partial charge >= 0.3 is 5.97 Å². The molecule has 2 aromatic rings. The van der Waals surface area contributed by atoms with E-state index in [0.29, 0.717) is 29.0 Å². The third kappa shape index (κ3) is 10.5. The number of unbranched alkanes of at least 4 members (excludes halogenated alkanes) is 8. The van der Waals surface area contributed by atoms with E-state index < -0.39 is 5.97 Å². The summed E-state index contributed by atoms with van der Waals surface area (Å²) in [5, 5.41) is 4.05. The molecule has 0 aromatic heterocycles. The Kier molecular flexibility index (Phi) is 13.0. The van der Waals surface area contributed by atoms with Crippen LogP contribution in [0.5, 0.6) is 11.5 Å².